The second kappa shape index (κ2) is 7.60. The molecular weight excluding hydrogens is 368 g/mol. The standard InChI is InChI=1S/C23H22N2O2S/c1-16-7-6-8-17(2)20(16)15-24-21-9-4-5-10-22(21)28-25(23(24)26)18-11-13-19(27-3)14-12-18/h4-14H,15H2,1-3H3. The number of carbonyl (C=O) groups is 1. The van der Waals surface area contributed by atoms with Crippen molar-refractivity contribution in [3.63, 3.8) is 0 Å². The van der Waals surface area contributed by atoms with Crippen LogP contribution >= 0.6 is 11.9 Å². The van der Waals surface area contributed by atoms with Crippen molar-refractivity contribution in [1.29, 1.82) is 0 Å². The fourth-order valence-electron chi connectivity index (χ4n) is 3.40. The molecule has 1 aliphatic rings. The van der Waals surface area contributed by atoms with Crippen LogP contribution in [-0.4, -0.2) is 13.1 Å². The number of nitrogens with zero attached hydrogens (tertiary/aromatic N) is 2. The molecule has 142 valence electrons. The summed E-state index contributed by atoms with van der Waals surface area (Å²) in [6, 6.07) is 21.8. The molecule has 1 aliphatic heterocycles. The summed E-state index contributed by atoms with van der Waals surface area (Å²) >= 11 is 1.46. The number of anilines is 2. The maximum absolute atomic E-state index is 13.5. The van der Waals surface area contributed by atoms with Crippen LogP contribution in [0.5, 0.6) is 5.75 Å². The van der Waals surface area contributed by atoms with Crippen molar-refractivity contribution >= 4 is 29.4 Å². The van der Waals surface area contributed by atoms with Gasteiger partial charge in [0.2, 0.25) is 0 Å². The highest BCUT2D eigenvalue weighted by Crippen LogP contribution is 2.42. The van der Waals surface area contributed by atoms with Crippen LogP contribution in [-0.2, 0) is 6.54 Å². The molecule has 0 aliphatic carbocycles. The number of amides is 2. The Morgan fingerprint density at radius 2 is 1.57 bits per heavy atom. The first-order valence-electron chi connectivity index (χ1n) is 9.16. The van der Waals surface area contributed by atoms with Crippen molar-refractivity contribution in [1.82, 2.24) is 0 Å². The van der Waals surface area contributed by atoms with Crippen LogP contribution < -0.4 is 13.9 Å². The monoisotopic (exact) mass is 390 g/mol. The number of ether oxygens (including phenoxy) is 1. The number of urea groups is 1. The maximum Gasteiger partial charge on any atom is 0.339 e. The molecule has 0 saturated carbocycles. The molecule has 4 rings (SSSR count). The lowest BCUT2D eigenvalue weighted by molar-refractivity contribution is 0.254. The number of carbonyl (C=O) groups excluding carboxylic acids is 1. The molecule has 0 fully saturated rings. The molecule has 0 bridgehead atoms. The molecule has 4 nitrogen and oxygen atoms in total. The number of methoxy groups -OCH3 is 1. The minimum absolute atomic E-state index is 0.0449. The Hall–Kier alpha value is -2.92. The SMILES string of the molecule is COc1ccc(N2Sc3ccccc3N(Cc3c(C)cccc3C)C2=O)cc1. The minimum atomic E-state index is -0.0449. The van der Waals surface area contributed by atoms with Crippen molar-refractivity contribution in [2.75, 3.05) is 16.3 Å². The fourth-order valence-corrected chi connectivity index (χ4v) is 4.41. The number of hydrogen-bond donors (Lipinski definition) is 0. The van der Waals surface area contributed by atoms with Crippen LogP contribution in [0.25, 0.3) is 0 Å². The quantitative estimate of drug-likeness (QED) is 0.515. The summed E-state index contributed by atoms with van der Waals surface area (Å²) in [5.74, 6) is 0.769. The van der Waals surface area contributed by atoms with Crippen LogP contribution in [0.15, 0.2) is 71.6 Å². The van der Waals surface area contributed by atoms with Gasteiger partial charge in [-0.3, -0.25) is 4.90 Å². The zero-order valence-electron chi connectivity index (χ0n) is 16.2. The van der Waals surface area contributed by atoms with Crippen molar-refractivity contribution in [3.05, 3.63) is 83.4 Å². The Morgan fingerprint density at radius 3 is 2.25 bits per heavy atom. The van der Waals surface area contributed by atoms with E-state index in [4.69, 9.17) is 4.74 Å². The second-order valence-electron chi connectivity index (χ2n) is 6.79. The molecule has 0 saturated heterocycles. The Labute approximate surface area is 169 Å². The number of benzene rings is 3. The highest BCUT2D eigenvalue weighted by Gasteiger charge is 2.32. The van der Waals surface area contributed by atoms with Crippen molar-refractivity contribution in [2.24, 2.45) is 0 Å². The average molecular weight is 391 g/mol. The molecule has 0 aromatic heterocycles. The van der Waals surface area contributed by atoms with Crippen LogP contribution in [0.4, 0.5) is 16.2 Å². The summed E-state index contributed by atoms with van der Waals surface area (Å²) in [5, 5.41) is 0. The molecular formula is C23H22N2O2S. The van der Waals surface area contributed by atoms with Gasteiger partial charge in [0, 0.05) is 0 Å². The number of para-hydroxylation sites is 1. The smallest absolute Gasteiger partial charge is 0.339 e. The van der Waals surface area contributed by atoms with Crippen molar-refractivity contribution in [2.45, 2.75) is 25.3 Å². The number of hydrogen-bond acceptors (Lipinski definition) is 3. The van der Waals surface area contributed by atoms with E-state index < -0.39 is 0 Å². The Kier molecular flexibility index (Phi) is 5.01. The molecule has 1 heterocycles. The van der Waals surface area contributed by atoms with E-state index in [1.54, 1.807) is 11.4 Å². The highest BCUT2D eigenvalue weighted by molar-refractivity contribution is 8.01. The van der Waals surface area contributed by atoms with Crippen LogP contribution in [0.3, 0.4) is 0 Å². The first kappa shape index (κ1) is 18.4. The van der Waals surface area contributed by atoms with E-state index in [1.807, 2.05) is 47.4 Å². The van der Waals surface area contributed by atoms with E-state index >= 15 is 0 Å². The highest BCUT2D eigenvalue weighted by atomic mass is 32.2. The van der Waals surface area contributed by atoms with Gasteiger partial charge in [0.15, 0.2) is 0 Å². The first-order valence-corrected chi connectivity index (χ1v) is 9.93. The van der Waals surface area contributed by atoms with Gasteiger partial charge in [-0.05, 0) is 78.9 Å². The number of aryl methyl sites for hydroxylation is 2. The van der Waals surface area contributed by atoms with Gasteiger partial charge in [0.05, 0.1) is 29.9 Å². The summed E-state index contributed by atoms with van der Waals surface area (Å²) in [4.78, 5) is 16.4. The van der Waals surface area contributed by atoms with Gasteiger partial charge in [-0.2, -0.15) is 0 Å². The molecule has 0 spiro atoms. The third-order valence-corrected chi connectivity index (χ3v) is 6.11. The van der Waals surface area contributed by atoms with Crippen molar-refractivity contribution < 1.29 is 9.53 Å². The third-order valence-electron chi connectivity index (χ3n) is 5.02. The molecule has 5 heteroatoms. The summed E-state index contributed by atoms with van der Waals surface area (Å²) < 4.78 is 6.99. The van der Waals surface area contributed by atoms with Gasteiger partial charge < -0.3 is 4.74 Å². The topological polar surface area (TPSA) is 32.8 Å². The molecule has 28 heavy (non-hydrogen) atoms. The van der Waals surface area contributed by atoms with E-state index in [2.05, 4.69) is 38.1 Å². The maximum atomic E-state index is 13.5. The third kappa shape index (κ3) is 3.34. The summed E-state index contributed by atoms with van der Waals surface area (Å²) in [6.07, 6.45) is 0. The van der Waals surface area contributed by atoms with E-state index in [0.29, 0.717) is 6.54 Å². The van der Waals surface area contributed by atoms with Gasteiger partial charge in [-0.25, -0.2) is 9.10 Å². The Bertz CT molecular complexity index is 997. The van der Waals surface area contributed by atoms with Gasteiger partial charge in [-0.15, -0.1) is 0 Å². The Morgan fingerprint density at radius 1 is 0.893 bits per heavy atom. The zero-order chi connectivity index (χ0) is 19.7. The van der Waals surface area contributed by atoms with Crippen molar-refractivity contribution in [3.8, 4) is 5.75 Å². The second-order valence-corrected chi connectivity index (χ2v) is 7.78. The average Bonchev–Trinajstić information content (AvgIpc) is 2.72. The fraction of sp³-hybridized carbons (Fsp3) is 0.174. The normalized spacial score (nSPS) is 13.5. The largest absolute Gasteiger partial charge is 0.497 e. The zero-order valence-corrected chi connectivity index (χ0v) is 17.0. The predicted octanol–water partition coefficient (Wildman–Crippen LogP) is 5.97. The molecule has 0 N–H and O–H groups in total. The summed E-state index contributed by atoms with van der Waals surface area (Å²) in [7, 11) is 1.64. The number of fused-ring (bicyclic) bond motifs is 1. The summed E-state index contributed by atoms with van der Waals surface area (Å²) in [6.45, 7) is 4.73. The molecule has 0 atom stereocenters. The van der Waals surface area contributed by atoms with Crippen LogP contribution in [0, 0.1) is 13.8 Å². The molecule has 0 unspecified atom stereocenters. The molecule has 3 aromatic carbocycles. The molecule has 0 radical (unpaired) electrons. The van der Waals surface area contributed by atoms with Gasteiger partial charge in [0.1, 0.15) is 5.75 Å². The van der Waals surface area contributed by atoms with E-state index in [1.165, 1.54) is 28.6 Å². The lowest BCUT2D eigenvalue weighted by Crippen LogP contribution is -2.43. The summed E-state index contributed by atoms with van der Waals surface area (Å²) in [5.41, 5.74) is 5.35. The van der Waals surface area contributed by atoms with Gasteiger partial charge in [-0.1, -0.05) is 30.3 Å². The lowest BCUT2D eigenvalue weighted by Gasteiger charge is -2.36. The Balaban J connectivity index is 1.74. The van der Waals surface area contributed by atoms with E-state index in [-0.39, 0.29) is 6.03 Å². The first-order chi connectivity index (χ1) is 13.6. The predicted molar refractivity (Wildman–Crippen MR) is 115 cm³/mol. The lowest BCUT2D eigenvalue weighted by atomic mass is 10.0. The molecule has 3 aromatic rings. The molecule has 2 amide bonds. The number of rotatable bonds is 4. The van der Waals surface area contributed by atoms with Gasteiger partial charge in [0.25, 0.3) is 0 Å². The minimum Gasteiger partial charge on any atom is -0.497 e. The van der Waals surface area contributed by atoms with Crippen LogP contribution in [0.1, 0.15) is 16.7 Å². The van der Waals surface area contributed by atoms with E-state index in [9.17, 15) is 4.79 Å². The van der Waals surface area contributed by atoms with Gasteiger partial charge >= 0.3 is 6.03 Å². The van der Waals surface area contributed by atoms with E-state index in [0.717, 1.165) is 22.0 Å². The van der Waals surface area contributed by atoms with Crippen LogP contribution in [0.2, 0.25) is 0 Å².